The van der Waals surface area contributed by atoms with Crippen LogP contribution in [0.25, 0.3) is 0 Å². The van der Waals surface area contributed by atoms with E-state index in [1.807, 2.05) is 18.2 Å². The van der Waals surface area contributed by atoms with Crippen molar-refractivity contribution in [1.82, 2.24) is 10.2 Å². The number of aromatic amines is 1. The van der Waals surface area contributed by atoms with Gasteiger partial charge in [0.25, 0.3) is 0 Å². The summed E-state index contributed by atoms with van der Waals surface area (Å²) in [4.78, 5) is 0. The van der Waals surface area contributed by atoms with Crippen molar-refractivity contribution < 1.29 is 0 Å². The standard InChI is InChI=1S/C11H13N3/c12-7-10-8-13-14-11(10)6-9-4-2-1-3-5-9/h1-5,8H,6-7,12H2,(H,13,14). The van der Waals surface area contributed by atoms with Crippen molar-refractivity contribution >= 4 is 0 Å². The molecule has 3 N–H and O–H groups in total. The van der Waals surface area contributed by atoms with Crippen LogP contribution in [0.3, 0.4) is 0 Å². The van der Waals surface area contributed by atoms with Gasteiger partial charge in [0.15, 0.2) is 0 Å². The van der Waals surface area contributed by atoms with Crippen molar-refractivity contribution in [3.63, 3.8) is 0 Å². The summed E-state index contributed by atoms with van der Waals surface area (Å²) in [6.45, 7) is 0.540. The molecule has 1 aromatic carbocycles. The molecule has 0 amide bonds. The highest BCUT2D eigenvalue weighted by Gasteiger charge is 2.03. The number of hydrogen-bond acceptors (Lipinski definition) is 2. The second kappa shape index (κ2) is 4.07. The molecule has 2 rings (SSSR count). The van der Waals surface area contributed by atoms with Crippen molar-refractivity contribution in [2.45, 2.75) is 13.0 Å². The maximum Gasteiger partial charge on any atom is 0.0535 e. The van der Waals surface area contributed by atoms with Crippen LogP contribution in [-0.2, 0) is 13.0 Å². The number of hydrogen-bond donors (Lipinski definition) is 2. The molecule has 3 heteroatoms. The lowest BCUT2D eigenvalue weighted by molar-refractivity contribution is 0.970. The predicted molar refractivity (Wildman–Crippen MR) is 55.7 cm³/mol. The van der Waals surface area contributed by atoms with Crippen molar-refractivity contribution in [3.8, 4) is 0 Å². The molecule has 0 aliphatic rings. The molecule has 3 nitrogen and oxygen atoms in total. The zero-order valence-corrected chi connectivity index (χ0v) is 7.90. The minimum Gasteiger partial charge on any atom is -0.326 e. The summed E-state index contributed by atoms with van der Waals surface area (Å²) in [5.41, 5.74) is 9.06. The van der Waals surface area contributed by atoms with Gasteiger partial charge >= 0.3 is 0 Å². The fourth-order valence-electron chi connectivity index (χ4n) is 1.47. The van der Waals surface area contributed by atoms with E-state index in [1.54, 1.807) is 6.20 Å². The lowest BCUT2D eigenvalue weighted by Crippen LogP contribution is -2.00. The van der Waals surface area contributed by atoms with E-state index in [2.05, 4.69) is 22.3 Å². The largest absolute Gasteiger partial charge is 0.326 e. The van der Waals surface area contributed by atoms with Gasteiger partial charge in [0.2, 0.25) is 0 Å². The third kappa shape index (κ3) is 1.83. The molecule has 0 atom stereocenters. The molecular formula is C11H13N3. The first kappa shape index (κ1) is 8.97. The Kier molecular flexibility index (Phi) is 2.60. The summed E-state index contributed by atoms with van der Waals surface area (Å²) >= 11 is 0. The Morgan fingerprint density at radius 2 is 2.00 bits per heavy atom. The van der Waals surface area contributed by atoms with E-state index in [9.17, 15) is 0 Å². The number of rotatable bonds is 3. The van der Waals surface area contributed by atoms with Crippen LogP contribution in [0.4, 0.5) is 0 Å². The Morgan fingerprint density at radius 1 is 1.21 bits per heavy atom. The number of nitrogens with one attached hydrogen (secondary N) is 1. The second-order valence-electron chi connectivity index (χ2n) is 3.24. The average Bonchev–Trinajstić information content (AvgIpc) is 2.67. The van der Waals surface area contributed by atoms with Gasteiger partial charge in [-0.15, -0.1) is 0 Å². The smallest absolute Gasteiger partial charge is 0.0535 e. The Labute approximate surface area is 83.0 Å². The molecule has 14 heavy (non-hydrogen) atoms. The maximum atomic E-state index is 5.59. The zero-order chi connectivity index (χ0) is 9.80. The number of nitrogens with zero attached hydrogens (tertiary/aromatic N) is 1. The van der Waals surface area contributed by atoms with Gasteiger partial charge in [0, 0.05) is 24.2 Å². The van der Waals surface area contributed by atoms with Crippen molar-refractivity contribution in [1.29, 1.82) is 0 Å². The lowest BCUT2D eigenvalue weighted by Gasteiger charge is -2.00. The first-order valence-corrected chi connectivity index (χ1v) is 4.65. The van der Waals surface area contributed by atoms with Crippen LogP contribution in [0.5, 0.6) is 0 Å². The Bertz CT molecular complexity index is 392. The molecule has 0 fully saturated rings. The van der Waals surface area contributed by atoms with Gasteiger partial charge in [0.05, 0.1) is 6.20 Å². The number of nitrogens with two attached hydrogens (primary N) is 1. The fourth-order valence-corrected chi connectivity index (χ4v) is 1.47. The topological polar surface area (TPSA) is 54.7 Å². The second-order valence-corrected chi connectivity index (χ2v) is 3.24. The highest BCUT2D eigenvalue weighted by molar-refractivity contribution is 5.25. The third-order valence-corrected chi connectivity index (χ3v) is 2.25. The summed E-state index contributed by atoms with van der Waals surface area (Å²) in [5.74, 6) is 0. The van der Waals surface area contributed by atoms with Crippen LogP contribution in [0.15, 0.2) is 36.5 Å². The van der Waals surface area contributed by atoms with E-state index in [-0.39, 0.29) is 0 Å². The summed E-state index contributed by atoms with van der Waals surface area (Å²) in [6.07, 6.45) is 2.66. The Morgan fingerprint density at radius 3 is 2.71 bits per heavy atom. The lowest BCUT2D eigenvalue weighted by atomic mass is 10.1. The van der Waals surface area contributed by atoms with Crippen LogP contribution in [0, 0.1) is 0 Å². The third-order valence-electron chi connectivity index (χ3n) is 2.25. The van der Waals surface area contributed by atoms with Crippen LogP contribution in [0.2, 0.25) is 0 Å². The van der Waals surface area contributed by atoms with E-state index < -0.39 is 0 Å². The molecule has 0 radical (unpaired) electrons. The van der Waals surface area contributed by atoms with Crippen molar-refractivity contribution in [3.05, 3.63) is 53.3 Å². The van der Waals surface area contributed by atoms with Gasteiger partial charge < -0.3 is 5.73 Å². The van der Waals surface area contributed by atoms with Gasteiger partial charge in [-0.05, 0) is 5.56 Å². The Balaban J connectivity index is 2.19. The monoisotopic (exact) mass is 187 g/mol. The van der Waals surface area contributed by atoms with Gasteiger partial charge in [-0.2, -0.15) is 5.10 Å². The summed E-state index contributed by atoms with van der Waals surface area (Å²) < 4.78 is 0. The maximum absolute atomic E-state index is 5.59. The van der Waals surface area contributed by atoms with Crippen LogP contribution < -0.4 is 5.73 Å². The van der Waals surface area contributed by atoms with Crippen LogP contribution in [0.1, 0.15) is 16.8 Å². The van der Waals surface area contributed by atoms with Gasteiger partial charge in [-0.3, -0.25) is 5.10 Å². The van der Waals surface area contributed by atoms with Crippen LogP contribution in [-0.4, -0.2) is 10.2 Å². The first-order chi connectivity index (χ1) is 6.90. The number of aromatic nitrogens is 2. The number of benzene rings is 1. The molecule has 1 aromatic heterocycles. The molecule has 0 bridgehead atoms. The molecular weight excluding hydrogens is 174 g/mol. The van der Waals surface area contributed by atoms with E-state index in [0.29, 0.717) is 6.54 Å². The molecule has 0 saturated heterocycles. The van der Waals surface area contributed by atoms with Gasteiger partial charge in [-0.1, -0.05) is 30.3 Å². The van der Waals surface area contributed by atoms with E-state index in [0.717, 1.165) is 17.7 Å². The minimum absolute atomic E-state index is 0.540. The molecule has 72 valence electrons. The molecule has 1 heterocycles. The van der Waals surface area contributed by atoms with Gasteiger partial charge in [0.1, 0.15) is 0 Å². The van der Waals surface area contributed by atoms with Gasteiger partial charge in [-0.25, -0.2) is 0 Å². The minimum atomic E-state index is 0.540. The number of H-pyrrole nitrogens is 1. The normalized spacial score (nSPS) is 10.4. The molecule has 0 aliphatic heterocycles. The summed E-state index contributed by atoms with van der Waals surface area (Å²) in [5, 5.41) is 6.96. The molecule has 0 unspecified atom stereocenters. The molecule has 0 aliphatic carbocycles. The van der Waals surface area contributed by atoms with E-state index >= 15 is 0 Å². The molecule has 2 aromatic rings. The summed E-state index contributed by atoms with van der Waals surface area (Å²) in [7, 11) is 0. The highest BCUT2D eigenvalue weighted by Crippen LogP contribution is 2.10. The van der Waals surface area contributed by atoms with E-state index in [1.165, 1.54) is 5.56 Å². The fraction of sp³-hybridized carbons (Fsp3) is 0.182. The van der Waals surface area contributed by atoms with Crippen LogP contribution >= 0.6 is 0 Å². The first-order valence-electron chi connectivity index (χ1n) is 4.65. The van der Waals surface area contributed by atoms with Crippen molar-refractivity contribution in [2.24, 2.45) is 5.73 Å². The Hall–Kier alpha value is -1.61. The summed E-state index contributed by atoms with van der Waals surface area (Å²) in [6, 6.07) is 10.3. The molecule has 0 spiro atoms. The average molecular weight is 187 g/mol. The zero-order valence-electron chi connectivity index (χ0n) is 7.90. The quantitative estimate of drug-likeness (QED) is 0.764. The molecule has 0 saturated carbocycles. The highest BCUT2D eigenvalue weighted by atomic mass is 15.1. The SMILES string of the molecule is NCc1cn[nH]c1Cc1ccccc1. The predicted octanol–water partition coefficient (Wildman–Crippen LogP) is 1.46. The van der Waals surface area contributed by atoms with E-state index in [4.69, 9.17) is 5.73 Å². The van der Waals surface area contributed by atoms with Crippen molar-refractivity contribution in [2.75, 3.05) is 0 Å².